The summed E-state index contributed by atoms with van der Waals surface area (Å²) in [5, 5.41) is 15.6. The fourth-order valence-corrected chi connectivity index (χ4v) is 6.94. The summed E-state index contributed by atoms with van der Waals surface area (Å²) in [5.74, 6) is 1.51. The fourth-order valence-electron chi connectivity index (χ4n) is 6.94. The van der Waals surface area contributed by atoms with Crippen molar-refractivity contribution in [1.29, 1.82) is 0 Å². The first-order chi connectivity index (χ1) is 27.4. The largest absolute Gasteiger partial charge is 0.457 e. The zero-order valence-electron chi connectivity index (χ0n) is 31.8. The lowest BCUT2D eigenvalue weighted by molar-refractivity contribution is -0.275. The van der Waals surface area contributed by atoms with E-state index in [9.17, 15) is 9.90 Å². The second kappa shape index (κ2) is 18.7. The summed E-state index contributed by atoms with van der Waals surface area (Å²) in [6.45, 7) is 4.12. The average Bonchev–Trinajstić information content (AvgIpc) is 3.24. The maximum absolute atomic E-state index is 12.9. The third-order valence-electron chi connectivity index (χ3n) is 10.1. The van der Waals surface area contributed by atoms with Gasteiger partial charge in [-0.25, -0.2) is 4.79 Å². The zero-order chi connectivity index (χ0) is 38.7. The first kappa shape index (κ1) is 38.4. The van der Waals surface area contributed by atoms with Gasteiger partial charge in [-0.3, -0.25) is 4.98 Å². The Morgan fingerprint density at radius 2 is 1.48 bits per heavy atom. The highest BCUT2D eigenvalue weighted by molar-refractivity contribution is 5.89. The van der Waals surface area contributed by atoms with Gasteiger partial charge >= 0.3 is 6.03 Å². The number of aliphatic hydroxyl groups excluding tert-OH is 1. The summed E-state index contributed by atoms with van der Waals surface area (Å²) >= 11 is 0. The number of hydrogen-bond donors (Lipinski definition) is 3. The fraction of sp³-hybridized carbons (Fsp3) is 0.234. The number of amides is 2. The molecule has 0 bridgehead atoms. The monoisotopic (exact) mass is 748 g/mol. The number of ether oxygens (including phenoxy) is 3. The summed E-state index contributed by atoms with van der Waals surface area (Å²) in [5.41, 5.74) is 7.60. The number of likely N-dealkylation sites (N-methyl/N-ethyl adjacent to an activating group) is 1. The number of rotatable bonds is 14. The van der Waals surface area contributed by atoms with Crippen molar-refractivity contribution in [2.24, 2.45) is 5.92 Å². The average molecular weight is 749 g/mol. The maximum atomic E-state index is 12.9. The van der Waals surface area contributed by atoms with Gasteiger partial charge in [0.2, 0.25) is 0 Å². The Labute approximate surface area is 328 Å². The van der Waals surface area contributed by atoms with Crippen molar-refractivity contribution in [3.63, 3.8) is 0 Å². The van der Waals surface area contributed by atoms with Gasteiger partial charge in [0.1, 0.15) is 11.5 Å². The molecule has 1 aliphatic rings. The third-order valence-corrected chi connectivity index (χ3v) is 10.1. The Morgan fingerprint density at radius 1 is 0.786 bits per heavy atom. The SMILES string of the molecule is C[C@H]1[C@@H](CN(C)CCc2ccccn2)O[C@@H](c2ccc(-c3ccccc3CNC(=O)Nc3ccc(Oc4ccccc4)cc3)cc2)O[C@H]1c1ccc(CO)cc1. The Bertz CT molecular complexity index is 2130. The molecule has 3 N–H and O–H groups in total. The summed E-state index contributed by atoms with van der Waals surface area (Å²) in [4.78, 5) is 19.7. The topological polar surface area (TPSA) is 105 Å². The molecule has 0 saturated carbocycles. The molecule has 0 spiro atoms. The van der Waals surface area contributed by atoms with Crippen LogP contribution >= 0.6 is 0 Å². The number of pyridine rings is 1. The molecule has 4 atom stereocenters. The van der Waals surface area contributed by atoms with E-state index in [-0.39, 0.29) is 30.8 Å². The van der Waals surface area contributed by atoms with E-state index >= 15 is 0 Å². The van der Waals surface area contributed by atoms with Crippen LogP contribution in [0.5, 0.6) is 11.5 Å². The molecule has 2 heterocycles. The molecule has 6 aromatic rings. The second-order valence-corrected chi connectivity index (χ2v) is 14.2. The summed E-state index contributed by atoms with van der Waals surface area (Å²) in [6, 6.07) is 46.9. The first-order valence-electron chi connectivity index (χ1n) is 19.1. The smallest absolute Gasteiger partial charge is 0.319 e. The minimum Gasteiger partial charge on any atom is -0.457 e. The minimum absolute atomic E-state index is 0.00396. The predicted molar refractivity (Wildman–Crippen MR) is 219 cm³/mol. The molecule has 2 amide bonds. The van der Waals surface area contributed by atoms with Gasteiger partial charge in [-0.2, -0.15) is 0 Å². The number of benzene rings is 5. The van der Waals surface area contributed by atoms with Crippen LogP contribution in [0.15, 0.2) is 152 Å². The number of aliphatic hydroxyl groups is 1. The van der Waals surface area contributed by atoms with Gasteiger partial charge in [0.15, 0.2) is 6.29 Å². The number of nitrogens with zero attached hydrogens (tertiary/aromatic N) is 2. The highest BCUT2D eigenvalue weighted by Crippen LogP contribution is 2.42. The number of urea groups is 1. The highest BCUT2D eigenvalue weighted by atomic mass is 16.7. The quantitative estimate of drug-likeness (QED) is 0.102. The number of carbonyl (C=O) groups excluding carboxylic acids is 1. The second-order valence-electron chi connectivity index (χ2n) is 14.2. The molecule has 1 saturated heterocycles. The molecule has 5 aromatic carbocycles. The molecule has 9 nitrogen and oxygen atoms in total. The van der Waals surface area contributed by atoms with E-state index in [1.165, 1.54) is 0 Å². The van der Waals surface area contributed by atoms with Crippen molar-refractivity contribution in [2.45, 2.75) is 45.0 Å². The van der Waals surface area contributed by atoms with Crippen LogP contribution in [-0.4, -0.2) is 47.3 Å². The van der Waals surface area contributed by atoms with Crippen molar-refractivity contribution in [3.05, 3.63) is 180 Å². The Balaban J connectivity index is 1.01. The molecule has 0 unspecified atom stereocenters. The zero-order valence-corrected chi connectivity index (χ0v) is 31.8. The van der Waals surface area contributed by atoms with E-state index in [4.69, 9.17) is 14.2 Å². The van der Waals surface area contributed by atoms with Gasteiger partial charge in [-0.15, -0.1) is 0 Å². The molecule has 1 aliphatic heterocycles. The van der Waals surface area contributed by atoms with Gasteiger partial charge in [0.25, 0.3) is 0 Å². The molecular formula is C47H48N4O5. The molecule has 286 valence electrons. The number of hydrogen-bond acceptors (Lipinski definition) is 7. The van der Waals surface area contributed by atoms with Crippen LogP contribution < -0.4 is 15.4 Å². The molecule has 7 rings (SSSR count). The van der Waals surface area contributed by atoms with Crippen LogP contribution in [0.1, 0.15) is 47.3 Å². The summed E-state index contributed by atoms with van der Waals surface area (Å²) < 4.78 is 19.3. The Morgan fingerprint density at radius 3 is 2.21 bits per heavy atom. The van der Waals surface area contributed by atoms with E-state index < -0.39 is 6.29 Å². The lowest BCUT2D eigenvalue weighted by Gasteiger charge is -2.42. The minimum atomic E-state index is -0.573. The molecule has 1 fully saturated rings. The summed E-state index contributed by atoms with van der Waals surface area (Å²) in [7, 11) is 2.12. The van der Waals surface area contributed by atoms with E-state index in [2.05, 4.69) is 70.9 Å². The number of aromatic nitrogens is 1. The van der Waals surface area contributed by atoms with Crippen LogP contribution in [0, 0.1) is 5.92 Å². The Hall–Kier alpha value is -5.84. The molecule has 0 aliphatic carbocycles. The van der Waals surface area contributed by atoms with Crippen LogP contribution in [0.3, 0.4) is 0 Å². The molecular weight excluding hydrogens is 701 g/mol. The van der Waals surface area contributed by atoms with Crippen LogP contribution in [0.25, 0.3) is 11.1 Å². The number of nitrogens with one attached hydrogen (secondary N) is 2. The maximum Gasteiger partial charge on any atom is 0.319 e. The lowest BCUT2D eigenvalue weighted by Crippen LogP contribution is -2.43. The number of para-hydroxylation sites is 1. The normalized spacial score (nSPS) is 18.0. The first-order valence-corrected chi connectivity index (χ1v) is 19.1. The molecule has 56 heavy (non-hydrogen) atoms. The van der Waals surface area contributed by atoms with Gasteiger partial charge in [-0.1, -0.05) is 104 Å². The van der Waals surface area contributed by atoms with Crippen LogP contribution in [0.2, 0.25) is 0 Å². The van der Waals surface area contributed by atoms with Crippen molar-refractivity contribution in [2.75, 3.05) is 25.5 Å². The van der Waals surface area contributed by atoms with Gasteiger partial charge in [0, 0.05) is 55.1 Å². The van der Waals surface area contributed by atoms with Crippen molar-refractivity contribution < 1.29 is 24.1 Å². The van der Waals surface area contributed by atoms with Crippen LogP contribution in [-0.2, 0) is 29.0 Å². The van der Waals surface area contributed by atoms with E-state index in [1.807, 2.05) is 115 Å². The van der Waals surface area contributed by atoms with Crippen molar-refractivity contribution in [3.8, 4) is 22.6 Å². The summed E-state index contributed by atoms with van der Waals surface area (Å²) in [6.07, 6.45) is 1.82. The van der Waals surface area contributed by atoms with Gasteiger partial charge in [-0.05, 0) is 83.4 Å². The Kier molecular flexibility index (Phi) is 12.8. The van der Waals surface area contributed by atoms with E-state index in [0.717, 1.165) is 64.3 Å². The van der Waals surface area contributed by atoms with Gasteiger partial charge < -0.3 is 34.9 Å². The third kappa shape index (κ3) is 10.1. The molecule has 1 aromatic heterocycles. The predicted octanol–water partition coefficient (Wildman–Crippen LogP) is 9.32. The molecule has 9 heteroatoms. The molecule has 0 radical (unpaired) electrons. The lowest BCUT2D eigenvalue weighted by atomic mass is 9.90. The van der Waals surface area contributed by atoms with E-state index in [0.29, 0.717) is 18.0 Å². The van der Waals surface area contributed by atoms with E-state index in [1.54, 1.807) is 0 Å². The van der Waals surface area contributed by atoms with Crippen molar-refractivity contribution >= 4 is 11.7 Å². The van der Waals surface area contributed by atoms with Crippen LogP contribution in [0.4, 0.5) is 10.5 Å². The number of anilines is 1. The van der Waals surface area contributed by atoms with Gasteiger partial charge in [0.05, 0.1) is 18.8 Å². The number of carbonyl (C=O) groups is 1. The highest BCUT2D eigenvalue weighted by Gasteiger charge is 2.38. The standard InChI is InChI=1S/C47H48N4O5/c1-33-44(31-51(2)29-27-39-11-8-9-28-48-39)55-46(56-45(33)36-17-15-34(32-52)16-18-36)37-21-19-35(20-22-37)43-14-7-6-10-38(43)30-49-47(53)50-40-23-25-42(26-24-40)54-41-12-4-3-5-13-41/h3-26,28,33,44-46,52H,27,29-32H2,1-2H3,(H2,49,50,53)/t33-,44+,45+,46+/m0/s1. The van der Waals surface area contributed by atoms with Crippen molar-refractivity contribution in [1.82, 2.24) is 15.2 Å².